The van der Waals surface area contributed by atoms with E-state index in [1.54, 1.807) is 12.2 Å². The van der Waals surface area contributed by atoms with Gasteiger partial charge in [0.15, 0.2) is 0 Å². The highest BCUT2D eigenvalue weighted by atomic mass is 16.5. The maximum atomic E-state index is 12.3. The van der Waals surface area contributed by atoms with Crippen molar-refractivity contribution in [1.82, 2.24) is 9.80 Å². The molecular weight excluding hydrogens is 540 g/mol. The summed E-state index contributed by atoms with van der Waals surface area (Å²) in [5.74, 6) is -0.775. The van der Waals surface area contributed by atoms with Gasteiger partial charge in [-0.05, 0) is 51.6 Å². The Hall–Kier alpha value is -3.05. The van der Waals surface area contributed by atoms with Gasteiger partial charge >= 0.3 is 17.9 Å². The van der Waals surface area contributed by atoms with E-state index in [2.05, 4.69) is 13.2 Å². The summed E-state index contributed by atoms with van der Waals surface area (Å²) in [6.45, 7) is 13.0. The number of nitrogens with zero attached hydrogens (tertiary/aromatic N) is 2. The highest BCUT2D eigenvalue weighted by Gasteiger charge is 2.13. The Morgan fingerprint density at radius 2 is 1.29 bits per heavy atom. The van der Waals surface area contributed by atoms with Crippen LogP contribution in [0.25, 0.3) is 0 Å². The Kier molecular flexibility index (Phi) is 26.0. The van der Waals surface area contributed by atoms with E-state index >= 15 is 0 Å². The topological polar surface area (TPSA) is 126 Å². The predicted molar refractivity (Wildman–Crippen MR) is 165 cm³/mol. The van der Waals surface area contributed by atoms with Crippen molar-refractivity contribution in [2.75, 3.05) is 72.3 Å². The lowest BCUT2D eigenvalue weighted by Crippen LogP contribution is -2.35. The average Bonchev–Trinajstić information content (AvgIpc) is 2.98. The minimum Gasteiger partial charge on any atom is -0.461 e. The van der Waals surface area contributed by atoms with Crippen LogP contribution in [0.5, 0.6) is 0 Å². The summed E-state index contributed by atoms with van der Waals surface area (Å²) in [5.41, 5.74) is 0. The van der Waals surface area contributed by atoms with Gasteiger partial charge in [0.25, 0.3) is 0 Å². The van der Waals surface area contributed by atoms with Gasteiger partial charge in [-0.25, -0.2) is 4.79 Å². The van der Waals surface area contributed by atoms with Crippen molar-refractivity contribution in [2.24, 2.45) is 5.92 Å². The molecule has 0 rings (SSSR count). The monoisotopic (exact) mass is 592 g/mol. The van der Waals surface area contributed by atoms with Gasteiger partial charge in [-0.2, -0.15) is 0 Å². The number of esters is 3. The zero-order valence-electron chi connectivity index (χ0n) is 25.4. The van der Waals surface area contributed by atoms with Crippen LogP contribution in [-0.4, -0.2) is 110 Å². The molecule has 42 heavy (non-hydrogen) atoms. The van der Waals surface area contributed by atoms with E-state index < -0.39 is 5.97 Å². The lowest BCUT2D eigenvalue weighted by atomic mass is 9.99. The summed E-state index contributed by atoms with van der Waals surface area (Å²) in [6, 6.07) is 0. The van der Waals surface area contributed by atoms with Crippen LogP contribution in [0.15, 0.2) is 61.8 Å². The first-order chi connectivity index (χ1) is 20.4. The van der Waals surface area contributed by atoms with Gasteiger partial charge in [-0.3, -0.25) is 14.5 Å². The molecule has 0 saturated heterocycles. The smallest absolute Gasteiger partial charge is 0.330 e. The minimum atomic E-state index is -0.443. The van der Waals surface area contributed by atoms with Crippen LogP contribution < -0.4 is 0 Å². The Morgan fingerprint density at radius 3 is 1.83 bits per heavy atom. The highest BCUT2D eigenvalue weighted by Crippen LogP contribution is 2.13. The predicted octanol–water partition coefficient (Wildman–Crippen LogP) is 3.22. The van der Waals surface area contributed by atoms with E-state index in [0.29, 0.717) is 39.3 Å². The largest absolute Gasteiger partial charge is 0.461 e. The Balaban J connectivity index is 4.52. The molecule has 0 saturated carbocycles. The molecule has 0 aromatic rings. The molecule has 0 amide bonds. The number of carbonyl (C=O) groups is 3. The van der Waals surface area contributed by atoms with Gasteiger partial charge < -0.3 is 29.3 Å². The molecule has 0 bridgehead atoms. The van der Waals surface area contributed by atoms with E-state index in [1.165, 1.54) is 0 Å². The van der Waals surface area contributed by atoms with E-state index in [1.807, 2.05) is 47.1 Å². The summed E-state index contributed by atoms with van der Waals surface area (Å²) < 4.78 is 15.4. The molecule has 0 heterocycles. The van der Waals surface area contributed by atoms with Crippen molar-refractivity contribution in [2.45, 2.75) is 45.4 Å². The first-order valence-electron chi connectivity index (χ1n) is 14.7. The molecule has 0 aromatic heterocycles. The molecule has 0 aliphatic heterocycles. The van der Waals surface area contributed by atoms with Crippen LogP contribution in [0.1, 0.15) is 45.4 Å². The minimum absolute atomic E-state index is 0.0181. The molecule has 238 valence electrons. The molecule has 1 unspecified atom stereocenters. The summed E-state index contributed by atoms with van der Waals surface area (Å²) >= 11 is 0. The lowest BCUT2D eigenvalue weighted by molar-refractivity contribution is -0.143. The molecule has 10 nitrogen and oxygen atoms in total. The van der Waals surface area contributed by atoms with E-state index in [9.17, 15) is 24.6 Å². The summed E-state index contributed by atoms with van der Waals surface area (Å²) in [4.78, 5) is 39.4. The summed E-state index contributed by atoms with van der Waals surface area (Å²) in [7, 11) is 0. The maximum absolute atomic E-state index is 12.3. The highest BCUT2D eigenvalue weighted by molar-refractivity contribution is 5.81. The third kappa shape index (κ3) is 23.6. The van der Waals surface area contributed by atoms with Gasteiger partial charge in [-0.15, -0.1) is 6.58 Å². The average molecular weight is 593 g/mol. The second-order valence-corrected chi connectivity index (χ2v) is 9.50. The van der Waals surface area contributed by atoms with Gasteiger partial charge in [0.1, 0.15) is 19.8 Å². The number of ether oxygens (including phenoxy) is 3. The molecule has 0 aromatic carbocycles. The third-order valence-corrected chi connectivity index (χ3v) is 6.26. The Bertz CT molecular complexity index is 834. The van der Waals surface area contributed by atoms with E-state index in [0.717, 1.165) is 31.8 Å². The van der Waals surface area contributed by atoms with Crippen LogP contribution >= 0.6 is 0 Å². The van der Waals surface area contributed by atoms with E-state index in [-0.39, 0.29) is 63.7 Å². The Labute approximate surface area is 252 Å². The number of hydrogen-bond donors (Lipinski definition) is 2. The number of aliphatic hydroxyl groups excluding tert-OH is 2. The quantitative estimate of drug-likeness (QED) is 0.0636. The maximum Gasteiger partial charge on any atom is 0.330 e. The van der Waals surface area contributed by atoms with Crippen LogP contribution in [0, 0.1) is 5.92 Å². The van der Waals surface area contributed by atoms with Gasteiger partial charge in [-0.1, -0.05) is 49.1 Å². The van der Waals surface area contributed by atoms with Crippen LogP contribution in [0.4, 0.5) is 0 Å². The van der Waals surface area contributed by atoms with Crippen molar-refractivity contribution in [3.05, 3.63) is 61.8 Å². The molecular formula is C32H52N2O8. The van der Waals surface area contributed by atoms with Crippen molar-refractivity contribution in [3.63, 3.8) is 0 Å². The van der Waals surface area contributed by atoms with Crippen LogP contribution in [0.3, 0.4) is 0 Å². The second kappa shape index (κ2) is 28.1. The normalized spacial score (nSPS) is 12.4. The molecule has 0 fully saturated rings. The van der Waals surface area contributed by atoms with Crippen molar-refractivity contribution in [3.8, 4) is 0 Å². The molecule has 1 atom stereocenters. The number of rotatable bonds is 27. The van der Waals surface area contributed by atoms with Crippen molar-refractivity contribution >= 4 is 17.9 Å². The fraction of sp³-hybridized carbons (Fsp3) is 0.594. The molecule has 0 spiro atoms. The fourth-order valence-corrected chi connectivity index (χ4v) is 3.85. The fourth-order valence-electron chi connectivity index (χ4n) is 3.85. The number of hydrogen-bond acceptors (Lipinski definition) is 10. The standard InChI is InChI=1S/C32H52N2O8/c1-4-7-26-41-31(38)16-20-33(18-13-19-34(22-24-35)23-25-36)21-17-32(39)42-28-12-10-15-29(5-2)14-9-8-11-27-40-30(37)6-3/h4-8,10-12,29,35-36H,2-3,9,13-28H2,1H3/b7-4+,11-8+,12-10-. The summed E-state index contributed by atoms with van der Waals surface area (Å²) in [5, 5.41) is 18.4. The SMILES string of the molecule is C=CC(=O)OC/C=C/CCC(C=C)C/C=C\COC(=O)CCN(CCCN(CCO)CCO)CCC(=O)OC/C=C/C. The van der Waals surface area contributed by atoms with Gasteiger partial charge in [0.2, 0.25) is 0 Å². The Morgan fingerprint density at radius 1 is 0.738 bits per heavy atom. The summed E-state index contributed by atoms with van der Waals surface area (Å²) in [6.07, 6.45) is 17.9. The van der Waals surface area contributed by atoms with Crippen molar-refractivity contribution in [1.29, 1.82) is 0 Å². The third-order valence-electron chi connectivity index (χ3n) is 6.26. The second-order valence-electron chi connectivity index (χ2n) is 9.50. The molecule has 10 heteroatoms. The van der Waals surface area contributed by atoms with Gasteiger partial charge in [0, 0.05) is 32.3 Å². The van der Waals surface area contributed by atoms with Gasteiger partial charge in [0.05, 0.1) is 26.1 Å². The lowest BCUT2D eigenvalue weighted by Gasteiger charge is -2.24. The zero-order valence-corrected chi connectivity index (χ0v) is 25.4. The molecule has 0 aliphatic rings. The van der Waals surface area contributed by atoms with Crippen LogP contribution in [0.2, 0.25) is 0 Å². The first-order valence-corrected chi connectivity index (χ1v) is 14.7. The van der Waals surface area contributed by atoms with Crippen LogP contribution in [-0.2, 0) is 28.6 Å². The molecule has 0 aliphatic carbocycles. The molecule has 2 N–H and O–H groups in total. The molecule has 0 radical (unpaired) electrons. The first kappa shape index (κ1) is 39.0. The van der Waals surface area contributed by atoms with Crippen molar-refractivity contribution < 1.29 is 38.8 Å². The van der Waals surface area contributed by atoms with E-state index in [4.69, 9.17) is 14.2 Å². The number of aliphatic hydroxyl groups is 2. The number of carbonyl (C=O) groups excluding carboxylic acids is 3. The number of allylic oxidation sites excluding steroid dienone is 4. The zero-order chi connectivity index (χ0) is 31.3.